The molecule has 5 heteroatoms. The molecule has 2 aliphatic heterocycles. The van der Waals surface area contributed by atoms with Crippen molar-refractivity contribution in [3.63, 3.8) is 0 Å². The second-order valence-corrected chi connectivity index (χ2v) is 7.65. The van der Waals surface area contributed by atoms with Crippen LogP contribution in [0.25, 0.3) is 0 Å². The van der Waals surface area contributed by atoms with Crippen molar-refractivity contribution >= 4 is 0 Å². The van der Waals surface area contributed by atoms with Crippen molar-refractivity contribution < 1.29 is 5.11 Å². The Labute approximate surface area is 133 Å². The lowest BCUT2D eigenvalue weighted by atomic mass is 9.74. The van der Waals surface area contributed by atoms with Gasteiger partial charge in [-0.1, -0.05) is 0 Å². The molecule has 0 aliphatic carbocycles. The molecule has 0 spiro atoms. The zero-order valence-electron chi connectivity index (χ0n) is 14.4. The van der Waals surface area contributed by atoms with E-state index in [1.165, 1.54) is 17.7 Å². The molecule has 5 nitrogen and oxygen atoms in total. The average molecular weight is 306 g/mol. The van der Waals surface area contributed by atoms with Crippen molar-refractivity contribution in [3.8, 4) is 0 Å². The number of hydrogen-bond acceptors (Lipinski definition) is 4. The summed E-state index contributed by atoms with van der Waals surface area (Å²) < 4.78 is 0. The van der Waals surface area contributed by atoms with Crippen LogP contribution in [0.4, 0.5) is 0 Å². The molecule has 3 heterocycles. The van der Waals surface area contributed by atoms with Crippen LogP contribution in [0, 0.1) is 25.2 Å². The number of H-pyrrole nitrogens is 1. The first-order chi connectivity index (χ1) is 10.4. The minimum atomic E-state index is 0.0636. The lowest BCUT2D eigenvalue weighted by Gasteiger charge is -2.43. The van der Waals surface area contributed by atoms with Gasteiger partial charge in [0.15, 0.2) is 0 Å². The molecule has 2 fully saturated rings. The number of likely N-dealkylation sites (tertiary alicyclic amines) is 2. The van der Waals surface area contributed by atoms with Gasteiger partial charge in [-0.3, -0.25) is 14.9 Å². The van der Waals surface area contributed by atoms with E-state index in [4.69, 9.17) is 0 Å². The highest BCUT2D eigenvalue weighted by atomic mass is 16.3. The van der Waals surface area contributed by atoms with Crippen molar-refractivity contribution in [2.75, 3.05) is 32.8 Å². The molecule has 2 aliphatic rings. The fourth-order valence-electron chi connectivity index (χ4n) is 4.30. The molecule has 2 saturated heterocycles. The van der Waals surface area contributed by atoms with Gasteiger partial charge in [0.25, 0.3) is 0 Å². The van der Waals surface area contributed by atoms with Crippen molar-refractivity contribution in [2.24, 2.45) is 11.3 Å². The Morgan fingerprint density at radius 3 is 2.73 bits per heavy atom. The maximum Gasteiger partial charge on any atom is 0.0639 e. The zero-order valence-corrected chi connectivity index (χ0v) is 14.4. The normalized spacial score (nSPS) is 30.2. The summed E-state index contributed by atoms with van der Waals surface area (Å²) in [5.74, 6) is 0.641. The van der Waals surface area contributed by atoms with Crippen LogP contribution in [0.15, 0.2) is 0 Å². The fraction of sp³-hybridized carbons (Fsp3) is 0.824. The molecule has 1 aromatic rings. The highest BCUT2D eigenvalue weighted by Crippen LogP contribution is 2.42. The Bertz CT molecular complexity index is 507. The lowest BCUT2D eigenvalue weighted by Crippen LogP contribution is -2.50. The topological polar surface area (TPSA) is 55.4 Å². The first kappa shape index (κ1) is 16.0. The molecule has 0 radical (unpaired) electrons. The van der Waals surface area contributed by atoms with Gasteiger partial charge in [-0.15, -0.1) is 0 Å². The lowest BCUT2D eigenvalue weighted by molar-refractivity contribution is 0.00680. The number of aromatic amines is 1. The number of rotatable bonds is 4. The SMILES string of the molecule is Cc1n[nH]c(C)c1CN1CC[C@H]2CN(C(C)C)C[C@@]2(CO)C1. The number of aliphatic hydroxyl groups excluding tert-OH is 1. The molecule has 0 saturated carbocycles. The van der Waals surface area contributed by atoms with Gasteiger partial charge in [0.1, 0.15) is 0 Å². The van der Waals surface area contributed by atoms with Crippen molar-refractivity contribution in [1.82, 2.24) is 20.0 Å². The Hall–Kier alpha value is -0.910. The van der Waals surface area contributed by atoms with Crippen LogP contribution in [-0.2, 0) is 6.54 Å². The van der Waals surface area contributed by atoms with Crippen LogP contribution in [0.3, 0.4) is 0 Å². The molecule has 124 valence electrons. The van der Waals surface area contributed by atoms with Gasteiger partial charge in [-0.05, 0) is 46.6 Å². The van der Waals surface area contributed by atoms with Gasteiger partial charge in [0.2, 0.25) is 0 Å². The van der Waals surface area contributed by atoms with E-state index < -0.39 is 0 Å². The maximum absolute atomic E-state index is 10.1. The second-order valence-electron chi connectivity index (χ2n) is 7.65. The molecule has 2 N–H and O–H groups in total. The standard InChI is InChI=1S/C17H30N4O/c1-12(2)21-7-15-5-6-20(9-17(15,10-21)11-22)8-16-13(3)18-19-14(16)4/h12,15,22H,5-11H2,1-4H3,(H,18,19)/t15-,17+/m0/s1. The Kier molecular flexibility index (Phi) is 4.32. The zero-order chi connectivity index (χ0) is 15.9. The smallest absolute Gasteiger partial charge is 0.0639 e. The van der Waals surface area contributed by atoms with E-state index in [2.05, 4.69) is 47.7 Å². The first-order valence-electron chi connectivity index (χ1n) is 8.53. The maximum atomic E-state index is 10.1. The summed E-state index contributed by atoms with van der Waals surface area (Å²) in [7, 11) is 0. The van der Waals surface area contributed by atoms with E-state index in [1.807, 2.05) is 0 Å². The second kappa shape index (κ2) is 5.95. The predicted molar refractivity (Wildman–Crippen MR) is 87.7 cm³/mol. The monoisotopic (exact) mass is 306 g/mol. The highest BCUT2D eigenvalue weighted by molar-refractivity contribution is 5.23. The highest BCUT2D eigenvalue weighted by Gasteiger charge is 2.49. The number of aliphatic hydroxyl groups is 1. The van der Waals surface area contributed by atoms with Crippen LogP contribution in [0.1, 0.15) is 37.2 Å². The fourth-order valence-corrected chi connectivity index (χ4v) is 4.30. The quantitative estimate of drug-likeness (QED) is 0.886. The van der Waals surface area contributed by atoms with E-state index in [1.54, 1.807) is 0 Å². The number of nitrogens with one attached hydrogen (secondary N) is 1. The van der Waals surface area contributed by atoms with Crippen molar-refractivity contribution in [3.05, 3.63) is 17.0 Å². The molecule has 2 atom stereocenters. The van der Waals surface area contributed by atoms with Gasteiger partial charge in [-0.2, -0.15) is 5.10 Å². The van der Waals surface area contributed by atoms with Crippen LogP contribution in [0.5, 0.6) is 0 Å². The molecule has 0 aromatic carbocycles. The summed E-state index contributed by atoms with van der Waals surface area (Å²) in [4.78, 5) is 5.06. The van der Waals surface area contributed by atoms with Gasteiger partial charge < -0.3 is 5.11 Å². The molecule has 22 heavy (non-hydrogen) atoms. The third-order valence-corrected chi connectivity index (χ3v) is 5.88. The molecule has 0 unspecified atom stereocenters. The van der Waals surface area contributed by atoms with Crippen molar-refractivity contribution in [1.29, 1.82) is 0 Å². The number of nitrogens with zero attached hydrogens (tertiary/aromatic N) is 3. The Morgan fingerprint density at radius 1 is 1.36 bits per heavy atom. The summed E-state index contributed by atoms with van der Waals surface area (Å²) in [6.45, 7) is 14.3. The Balaban J connectivity index is 1.73. The first-order valence-corrected chi connectivity index (χ1v) is 8.53. The molecule has 1 aromatic heterocycles. The average Bonchev–Trinajstić information content (AvgIpc) is 3.02. The van der Waals surface area contributed by atoms with Gasteiger partial charge in [0, 0.05) is 48.9 Å². The van der Waals surface area contributed by atoms with Crippen molar-refractivity contribution in [2.45, 2.75) is 46.7 Å². The predicted octanol–water partition coefficient (Wildman–Crippen LogP) is 1.55. The third kappa shape index (κ3) is 2.70. The molecule has 0 bridgehead atoms. The van der Waals surface area contributed by atoms with Crippen LogP contribution >= 0.6 is 0 Å². The number of aromatic nitrogens is 2. The molecule has 0 amide bonds. The van der Waals surface area contributed by atoms with Gasteiger partial charge in [-0.25, -0.2) is 0 Å². The summed E-state index contributed by atoms with van der Waals surface area (Å²) in [6, 6.07) is 0.570. The molecular weight excluding hydrogens is 276 g/mol. The third-order valence-electron chi connectivity index (χ3n) is 5.88. The van der Waals surface area contributed by atoms with E-state index in [0.29, 0.717) is 18.6 Å². The van der Waals surface area contributed by atoms with Crippen LogP contribution in [0.2, 0.25) is 0 Å². The summed E-state index contributed by atoms with van der Waals surface area (Å²) >= 11 is 0. The minimum Gasteiger partial charge on any atom is -0.396 e. The summed E-state index contributed by atoms with van der Waals surface area (Å²) in [5, 5.41) is 17.5. The number of piperidine rings is 1. The van der Waals surface area contributed by atoms with E-state index in [0.717, 1.165) is 38.4 Å². The molecular formula is C17H30N4O. The molecule has 3 rings (SSSR count). The summed E-state index contributed by atoms with van der Waals surface area (Å²) in [6.07, 6.45) is 1.19. The van der Waals surface area contributed by atoms with Crippen LogP contribution < -0.4 is 0 Å². The van der Waals surface area contributed by atoms with E-state index in [-0.39, 0.29) is 5.41 Å². The Morgan fingerprint density at radius 2 is 2.14 bits per heavy atom. The van der Waals surface area contributed by atoms with E-state index in [9.17, 15) is 5.11 Å². The van der Waals surface area contributed by atoms with Gasteiger partial charge >= 0.3 is 0 Å². The number of aryl methyl sites for hydroxylation is 2. The van der Waals surface area contributed by atoms with Crippen LogP contribution in [-0.4, -0.2) is 63.9 Å². The van der Waals surface area contributed by atoms with E-state index >= 15 is 0 Å². The summed E-state index contributed by atoms with van der Waals surface area (Å²) in [5.41, 5.74) is 3.67. The number of fused-ring (bicyclic) bond motifs is 1. The largest absolute Gasteiger partial charge is 0.396 e. The van der Waals surface area contributed by atoms with Gasteiger partial charge in [0.05, 0.1) is 12.3 Å². The number of hydrogen-bond donors (Lipinski definition) is 2. The minimum absolute atomic E-state index is 0.0636.